The van der Waals surface area contributed by atoms with Crippen LogP contribution in [0.15, 0.2) is 48.5 Å². The average molecular weight is 505 g/mol. The zero-order chi connectivity index (χ0) is 23.5. The molecule has 0 bridgehead atoms. The summed E-state index contributed by atoms with van der Waals surface area (Å²) in [6, 6.07) is 16.7. The van der Waals surface area contributed by atoms with Gasteiger partial charge in [0.2, 0.25) is 0 Å². The van der Waals surface area contributed by atoms with Gasteiger partial charge in [-0.25, -0.2) is 0 Å². The molecule has 34 heavy (non-hydrogen) atoms. The molecule has 0 saturated heterocycles. The first kappa shape index (κ1) is 28.9. The van der Waals surface area contributed by atoms with E-state index in [9.17, 15) is 5.11 Å². The van der Waals surface area contributed by atoms with Crippen LogP contribution in [-0.2, 0) is 0 Å². The van der Waals surface area contributed by atoms with Crippen LogP contribution in [-0.4, -0.2) is 29.6 Å². The Hall–Kier alpha value is -1.32. The van der Waals surface area contributed by atoms with Crippen molar-refractivity contribution < 1.29 is 5.11 Å². The van der Waals surface area contributed by atoms with E-state index in [-0.39, 0.29) is 12.4 Å². The van der Waals surface area contributed by atoms with Crippen molar-refractivity contribution in [3.05, 3.63) is 59.1 Å². The monoisotopic (exact) mass is 503 g/mol. The summed E-state index contributed by atoms with van der Waals surface area (Å²) in [6.07, 6.45) is 12.4. The topological polar surface area (TPSA) is 23.5 Å². The van der Waals surface area contributed by atoms with Gasteiger partial charge in [-0.15, -0.1) is 12.4 Å². The van der Waals surface area contributed by atoms with Crippen molar-refractivity contribution in [2.75, 3.05) is 19.6 Å². The Morgan fingerprint density at radius 2 is 1.21 bits per heavy atom. The number of aliphatic hydroxyl groups excluding tert-OH is 1. The molecule has 2 nitrogen and oxygen atoms in total. The molecule has 188 valence electrons. The number of aliphatic hydroxyl groups is 1. The van der Waals surface area contributed by atoms with Gasteiger partial charge >= 0.3 is 0 Å². The lowest BCUT2D eigenvalue weighted by Crippen LogP contribution is -2.31. The van der Waals surface area contributed by atoms with Crippen LogP contribution < -0.4 is 0 Å². The number of rotatable bonds is 15. The highest BCUT2D eigenvalue weighted by molar-refractivity contribution is 6.31. The predicted octanol–water partition coefficient (Wildman–Crippen LogP) is 9.34. The lowest BCUT2D eigenvalue weighted by atomic mass is 9.98. The molecule has 4 heteroatoms. The van der Waals surface area contributed by atoms with Crippen LogP contribution >= 0.6 is 24.0 Å². The zero-order valence-electron chi connectivity index (χ0n) is 21.1. The van der Waals surface area contributed by atoms with E-state index in [4.69, 9.17) is 11.6 Å². The van der Waals surface area contributed by atoms with Crippen molar-refractivity contribution in [2.45, 2.75) is 84.2 Å². The maximum absolute atomic E-state index is 11.2. The van der Waals surface area contributed by atoms with Gasteiger partial charge < -0.3 is 10.0 Å². The molecule has 0 saturated carbocycles. The molecule has 3 rings (SSSR count). The fourth-order valence-electron chi connectivity index (χ4n) is 4.77. The summed E-state index contributed by atoms with van der Waals surface area (Å²) in [5.41, 5.74) is 0.997. The second-order valence-electron chi connectivity index (χ2n) is 9.56. The molecule has 1 unspecified atom stereocenters. The largest absolute Gasteiger partial charge is 0.387 e. The summed E-state index contributed by atoms with van der Waals surface area (Å²) in [5, 5.41) is 16.6. The molecule has 1 N–H and O–H groups in total. The van der Waals surface area contributed by atoms with Crippen molar-refractivity contribution in [1.29, 1.82) is 0 Å². The highest BCUT2D eigenvalue weighted by atomic mass is 35.5. The Morgan fingerprint density at radius 3 is 1.79 bits per heavy atom. The molecular formula is C30H43Cl2NO. The quantitative estimate of drug-likeness (QED) is 0.165. The predicted molar refractivity (Wildman–Crippen MR) is 153 cm³/mol. The van der Waals surface area contributed by atoms with Gasteiger partial charge in [-0.3, -0.25) is 0 Å². The molecule has 3 aromatic rings. The highest BCUT2D eigenvalue weighted by Crippen LogP contribution is 2.30. The summed E-state index contributed by atoms with van der Waals surface area (Å²) in [4.78, 5) is 2.49. The van der Waals surface area contributed by atoms with Crippen molar-refractivity contribution in [3.63, 3.8) is 0 Å². The Kier molecular flexibility index (Phi) is 13.3. The third kappa shape index (κ3) is 8.72. The molecule has 0 amide bonds. The molecule has 1 atom stereocenters. The van der Waals surface area contributed by atoms with E-state index in [0.29, 0.717) is 6.54 Å². The van der Waals surface area contributed by atoms with Gasteiger partial charge in [-0.2, -0.15) is 0 Å². The fraction of sp³-hybridized carbons (Fsp3) is 0.533. The lowest BCUT2D eigenvalue weighted by molar-refractivity contribution is 0.110. The molecule has 0 aliphatic carbocycles. The Balaban J connectivity index is 0.00000408. The highest BCUT2D eigenvalue weighted by Gasteiger charge is 2.15. The first-order valence-corrected chi connectivity index (χ1v) is 13.5. The molecular weight excluding hydrogens is 461 g/mol. The van der Waals surface area contributed by atoms with Gasteiger partial charge in [-0.05, 0) is 71.2 Å². The van der Waals surface area contributed by atoms with Gasteiger partial charge in [-0.1, -0.05) is 107 Å². The molecule has 0 aliphatic heterocycles. The minimum Gasteiger partial charge on any atom is -0.387 e. The second kappa shape index (κ2) is 15.6. The van der Waals surface area contributed by atoms with Crippen LogP contribution in [0, 0.1) is 0 Å². The normalized spacial score (nSPS) is 12.4. The van der Waals surface area contributed by atoms with E-state index in [2.05, 4.69) is 55.1 Å². The van der Waals surface area contributed by atoms with E-state index in [1.165, 1.54) is 75.0 Å². The van der Waals surface area contributed by atoms with Gasteiger partial charge in [0.15, 0.2) is 0 Å². The Labute approximate surface area is 218 Å². The van der Waals surface area contributed by atoms with Crippen molar-refractivity contribution in [1.82, 2.24) is 4.90 Å². The van der Waals surface area contributed by atoms with Gasteiger partial charge in [0.1, 0.15) is 0 Å². The minimum absolute atomic E-state index is 0. The molecule has 0 spiro atoms. The SMILES string of the molecule is CCCCCCCN(CCCCCCC)CC(O)c1ccc2ccc3ccc(Cl)cc3c2c1.Cl. The summed E-state index contributed by atoms with van der Waals surface area (Å²) in [6.45, 7) is 7.40. The van der Waals surface area contributed by atoms with Crippen LogP contribution in [0.2, 0.25) is 5.02 Å². The number of nitrogens with zero attached hydrogens (tertiary/aromatic N) is 1. The van der Waals surface area contributed by atoms with Crippen molar-refractivity contribution in [3.8, 4) is 0 Å². The standard InChI is InChI=1S/C30H42ClNO.ClH/c1-3-5-7-9-11-19-32(20-12-10-8-6-4-2)23-30(33)26-16-15-24-13-14-25-17-18-27(31)22-29(25)28(24)21-26;/h13-18,21-22,30,33H,3-12,19-20,23H2,1-2H3;1H. The van der Waals surface area contributed by atoms with Gasteiger partial charge in [0, 0.05) is 11.6 Å². The number of halogens is 2. The van der Waals surface area contributed by atoms with Crippen LogP contribution in [0.1, 0.15) is 89.7 Å². The van der Waals surface area contributed by atoms with E-state index in [0.717, 1.165) is 34.4 Å². The Morgan fingerprint density at radius 1 is 0.706 bits per heavy atom. The smallest absolute Gasteiger partial charge is 0.0917 e. The Bertz CT molecular complexity index is 976. The molecule has 0 aliphatic rings. The van der Waals surface area contributed by atoms with Crippen LogP contribution in [0.3, 0.4) is 0 Å². The van der Waals surface area contributed by atoms with E-state index < -0.39 is 6.10 Å². The first-order chi connectivity index (χ1) is 16.1. The zero-order valence-corrected chi connectivity index (χ0v) is 22.6. The lowest BCUT2D eigenvalue weighted by Gasteiger charge is -2.25. The van der Waals surface area contributed by atoms with Crippen molar-refractivity contribution in [2.24, 2.45) is 0 Å². The van der Waals surface area contributed by atoms with Crippen LogP contribution in [0.25, 0.3) is 21.5 Å². The molecule has 0 aromatic heterocycles. The summed E-state index contributed by atoms with van der Waals surface area (Å²) < 4.78 is 0. The third-order valence-corrected chi connectivity index (χ3v) is 7.03. The molecule has 0 fully saturated rings. The minimum atomic E-state index is -0.477. The number of benzene rings is 3. The van der Waals surface area contributed by atoms with Gasteiger partial charge in [0.05, 0.1) is 6.10 Å². The van der Waals surface area contributed by atoms with Crippen LogP contribution in [0.4, 0.5) is 0 Å². The van der Waals surface area contributed by atoms with E-state index in [1.54, 1.807) is 0 Å². The number of fused-ring (bicyclic) bond motifs is 3. The van der Waals surface area contributed by atoms with Gasteiger partial charge in [0.25, 0.3) is 0 Å². The van der Waals surface area contributed by atoms with E-state index in [1.807, 2.05) is 12.1 Å². The summed E-state index contributed by atoms with van der Waals surface area (Å²) in [7, 11) is 0. The second-order valence-corrected chi connectivity index (χ2v) is 9.99. The third-order valence-electron chi connectivity index (χ3n) is 6.80. The number of unbranched alkanes of at least 4 members (excludes halogenated alkanes) is 8. The number of hydrogen-bond donors (Lipinski definition) is 1. The summed E-state index contributed by atoms with van der Waals surface area (Å²) >= 11 is 6.29. The summed E-state index contributed by atoms with van der Waals surface area (Å²) in [5.74, 6) is 0. The van der Waals surface area contributed by atoms with Crippen molar-refractivity contribution >= 4 is 45.6 Å². The molecule has 0 heterocycles. The van der Waals surface area contributed by atoms with Crippen LogP contribution in [0.5, 0.6) is 0 Å². The average Bonchev–Trinajstić information content (AvgIpc) is 2.83. The molecule has 0 radical (unpaired) electrons. The maximum Gasteiger partial charge on any atom is 0.0917 e. The fourth-order valence-corrected chi connectivity index (χ4v) is 4.94. The maximum atomic E-state index is 11.2. The first-order valence-electron chi connectivity index (χ1n) is 13.1. The van der Waals surface area contributed by atoms with E-state index >= 15 is 0 Å². The molecule has 3 aromatic carbocycles. The number of hydrogen-bond acceptors (Lipinski definition) is 2.